The fraction of sp³-hybridized carbons (Fsp3) is 0.500. The summed E-state index contributed by atoms with van der Waals surface area (Å²) in [6, 6.07) is 3.93. The molecule has 0 aromatic carbocycles. The largest absolute Gasteiger partial charge is 0.351 e. The standard InChI is InChI=1S/C10H12ClNOS/c1-10(5-4-9(13)12-10)6-7-2-3-8(11)14-7/h2-3H,4-6H2,1H3,(H,12,13). The molecule has 0 bridgehead atoms. The monoisotopic (exact) mass is 229 g/mol. The molecule has 4 heteroatoms. The van der Waals surface area contributed by atoms with E-state index in [1.54, 1.807) is 11.3 Å². The highest BCUT2D eigenvalue weighted by Crippen LogP contribution is 2.29. The van der Waals surface area contributed by atoms with Crippen LogP contribution in [-0.4, -0.2) is 11.4 Å². The van der Waals surface area contributed by atoms with Gasteiger partial charge in [0, 0.05) is 23.3 Å². The molecule has 0 saturated carbocycles. The first-order valence-electron chi connectivity index (χ1n) is 4.63. The van der Waals surface area contributed by atoms with Crippen molar-refractivity contribution < 1.29 is 4.79 Å². The Kier molecular flexibility index (Phi) is 2.54. The van der Waals surface area contributed by atoms with E-state index in [0.29, 0.717) is 6.42 Å². The molecule has 1 aliphatic heterocycles. The van der Waals surface area contributed by atoms with Gasteiger partial charge in [0.15, 0.2) is 0 Å². The number of carbonyl (C=O) groups is 1. The molecular formula is C10H12ClNOS. The topological polar surface area (TPSA) is 29.1 Å². The molecule has 1 N–H and O–H groups in total. The Morgan fingerprint density at radius 3 is 2.93 bits per heavy atom. The lowest BCUT2D eigenvalue weighted by atomic mass is 9.95. The first-order chi connectivity index (χ1) is 6.57. The van der Waals surface area contributed by atoms with E-state index in [1.165, 1.54) is 4.88 Å². The predicted octanol–water partition coefficient (Wildman–Crippen LogP) is 2.61. The van der Waals surface area contributed by atoms with Gasteiger partial charge in [0.2, 0.25) is 5.91 Å². The van der Waals surface area contributed by atoms with Crippen LogP contribution in [0.3, 0.4) is 0 Å². The van der Waals surface area contributed by atoms with Gasteiger partial charge in [-0.05, 0) is 25.5 Å². The van der Waals surface area contributed by atoms with Crippen molar-refractivity contribution in [2.75, 3.05) is 0 Å². The zero-order valence-corrected chi connectivity index (χ0v) is 9.54. The van der Waals surface area contributed by atoms with Crippen molar-refractivity contribution in [1.29, 1.82) is 0 Å². The summed E-state index contributed by atoms with van der Waals surface area (Å²) >= 11 is 7.44. The first kappa shape index (κ1) is 9.99. The van der Waals surface area contributed by atoms with Gasteiger partial charge in [-0.1, -0.05) is 11.6 Å². The summed E-state index contributed by atoms with van der Waals surface area (Å²) in [5.41, 5.74) is -0.0642. The third-order valence-electron chi connectivity index (χ3n) is 2.54. The summed E-state index contributed by atoms with van der Waals surface area (Å²) in [5.74, 6) is 0.162. The van der Waals surface area contributed by atoms with E-state index < -0.39 is 0 Å². The van der Waals surface area contributed by atoms with Crippen molar-refractivity contribution in [2.45, 2.75) is 31.7 Å². The Bertz CT molecular complexity index is 363. The number of thiophene rings is 1. The van der Waals surface area contributed by atoms with E-state index in [-0.39, 0.29) is 11.4 Å². The lowest BCUT2D eigenvalue weighted by Crippen LogP contribution is -2.40. The van der Waals surface area contributed by atoms with Crippen molar-refractivity contribution in [2.24, 2.45) is 0 Å². The molecule has 0 spiro atoms. The summed E-state index contributed by atoms with van der Waals surface area (Å²) in [5, 5.41) is 3.01. The molecule has 1 amide bonds. The maximum absolute atomic E-state index is 11.1. The molecule has 1 atom stereocenters. The van der Waals surface area contributed by atoms with E-state index in [0.717, 1.165) is 17.2 Å². The van der Waals surface area contributed by atoms with Gasteiger partial charge >= 0.3 is 0 Å². The summed E-state index contributed by atoms with van der Waals surface area (Å²) in [7, 11) is 0. The highest BCUT2D eigenvalue weighted by atomic mass is 35.5. The molecule has 1 aromatic rings. The number of carbonyl (C=O) groups excluding carboxylic acids is 1. The molecule has 2 nitrogen and oxygen atoms in total. The van der Waals surface area contributed by atoms with Gasteiger partial charge in [-0.2, -0.15) is 0 Å². The molecule has 1 unspecified atom stereocenters. The fourth-order valence-corrected chi connectivity index (χ4v) is 3.09. The Morgan fingerprint density at radius 1 is 1.64 bits per heavy atom. The Balaban J connectivity index is 2.07. The molecule has 1 saturated heterocycles. The minimum atomic E-state index is -0.0642. The molecule has 2 heterocycles. The average Bonchev–Trinajstić information content (AvgIpc) is 2.60. The van der Waals surface area contributed by atoms with Gasteiger partial charge in [-0.15, -0.1) is 11.3 Å². The van der Waals surface area contributed by atoms with E-state index in [9.17, 15) is 4.79 Å². The zero-order chi connectivity index (χ0) is 10.2. The SMILES string of the molecule is CC1(Cc2ccc(Cl)s2)CCC(=O)N1. The maximum Gasteiger partial charge on any atom is 0.220 e. The van der Waals surface area contributed by atoms with Gasteiger partial charge in [0.1, 0.15) is 0 Å². The predicted molar refractivity (Wildman–Crippen MR) is 58.8 cm³/mol. The van der Waals surface area contributed by atoms with Crippen molar-refractivity contribution in [3.63, 3.8) is 0 Å². The van der Waals surface area contributed by atoms with Crippen molar-refractivity contribution in [3.8, 4) is 0 Å². The minimum absolute atomic E-state index is 0.0642. The number of nitrogens with one attached hydrogen (secondary N) is 1. The molecule has 76 valence electrons. The van der Waals surface area contributed by atoms with Crippen LogP contribution in [0.4, 0.5) is 0 Å². The molecule has 1 aromatic heterocycles. The number of amides is 1. The van der Waals surface area contributed by atoms with Gasteiger partial charge < -0.3 is 5.32 Å². The highest BCUT2D eigenvalue weighted by molar-refractivity contribution is 7.16. The average molecular weight is 230 g/mol. The van der Waals surface area contributed by atoms with Crippen LogP contribution in [0.1, 0.15) is 24.6 Å². The second-order valence-electron chi connectivity index (χ2n) is 3.99. The summed E-state index contributed by atoms with van der Waals surface area (Å²) in [6.07, 6.45) is 2.45. The Morgan fingerprint density at radius 2 is 2.43 bits per heavy atom. The quantitative estimate of drug-likeness (QED) is 0.830. The lowest BCUT2D eigenvalue weighted by Gasteiger charge is -2.22. The molecule has 1 aliphatic rings. The molecule has 0 aliphatic carbocycles. The smallest absolute Gasteiger partial charge is 0.220 e. The van der Waals surface area contributed by atoms with Crippen LogP contribution in [0.5, 0.6) is 0 Å². The number of rotatable bonds is 2. The van der Waals surface area contributed by atoms with E-state index in [1.807, 2.05) is 12.1 Å². The summed E-state index contributed by atoms with van der Waals surface area (Å²) in [6.45, 7) is 2.09. The second kappa shape index (κ2) is 3.55. The molecule has 14 heavy (non-hydrogen) atoms. The number of hydrogen-bond acceptors (Lipinski definition) is 2. The van der Waals surface area contributed by atoms with Crippen LogP contribution in [0.2, 0.25) is 4.34 Å². The van der Waals surface area contributed by atoms with Crippen LogP contribution in [0.25, 0.3) is 0 Å². The summed E-state index contributed by atoms with van der Waals surface area (Å²) < 4.78 is 0.813. The first-order valence-corrected chi connectivity index (χ1v) is 5.82. The highest BCUT2D eigenvalue weighted by Gasteiger charge is 2.33. The molecule has 0 radical (unpaired) electrons. The lowest BCUT2D eigenvalue weighted by molar-refractivity contribution is -0.119. The van der Waals surface area contributed by atoms with Gasteiger partial charge in [0.05, 0.1) is 4.34 Å². The molecule has 1 fully saturated rings. The van der Waals surface area contributed by atoms with Crippen LogP contribution < -0.4 is 5.32 Å². The second-order valence-corrected chi connectivity index (χ2v) is 5.79. The van der Waals surface area contributed by atoms with Gasteiger partial charge in [-0.3, -0.25) is 4.79 Å². The minimum Gasteiger partial charge on any atom is -0.351 e. The maximum atomic E-state index is 11.1. The number of halogens is 1. The van der Waals surface area contributed by atoms with Gasteiger partial charge in [-0.25, -0.2) is 0 Å². The van der Waals surface area contributed by atoms with Crippen molar-refractivity contribution in [1.82, 2.24) is 5.32 Å². The zero-order valence-electron chi connectivity index (χ0n) is 7.97. The Labute approximate surface area is 92.3 Å². The Hall–Kier alpha value is -0.540. The van der Waals surface area contributed by atoms with E-state index in [2.05, 4.69) is 12.2 Å². The number of hydrogen-bond donors (Lipinski definition) is 1. The normalized spacial score (nSPS) is 26.6. The fourth-order valence-electron chi connectivity index (χ4n) is 1.81. The van der Waals surface area contributed by atoms with Gasteiger partial charge in [0.25, 0.3) is 0 Å². The van der Waals surface area contributed by atoms with E-state index >= 15 is 0 Å². The van der Waals surface area contributed by atoms with Crippen molar-refractivity contribution >= 4 is 28.8 Å². The van der Waals surface area contributed by atoms with E-state index in [4.69, 9.17) is 11.6 Å². The molecular weight excluding hydrogens is 218 g/mol. The summed E-state index contributed by atoms with van der Waals surface area (Å²) in [4.78, 5) is 12.4. The molecule has 2 rings (SSSR count). The van der Waals surface area contributed by atoms with Crippen molar-refractivity contribution in [3.05, 3.63) is 21.3 Å². The van der Waals surface area contributed by atoms with Crippen LogP contribution in [0.15, 0.2) is 12.1 Å². The third-order valence-corrected chi connectivity index (χ3v) is 3.77. The van der Waals surface area contributed by atoms with Crippen LogP contribution >= 0.6 is 22.9 Å². The van der Waals surface area contributed by atoms with Crippen LogP contribution in [-0.2, 0) is 11.2 Å². The third kappa shape index (κ3) is 2.10. The van der Waals surface area contributed by atoms with Crippen LogP contribution in [0, 0.1) is 0 Å².